The number of carbonyl (C=O) groups is 1. The number of aromatic amines is 1. The Kier molecular flexibility index (Phi) is 3.25. The fourth-order valence-corrected chi connectivity index (χ4v) is 1.87. The van der Waals surface area contributed by atoms with Crippen LogP contribution >= 0.6 is 11.8 Å². The van der Waals surface area contributed by atoms with Crippen molar-refractivity contribution in [1.82, 2.24) is 15.2 Å². The summed E-state index contributed by atoms with van der Waals surface area (Å²) in [5.74, 6) is 0.655. The van der Waals surface area contributed by atoms with Gasteiger partial charge < -0.3 is 9.15 Å². The molecule has 2 rings (SSSR count). The van der Waals surface area contributed by atoms with Gasteiger partial charge in [-0.3, -0.25) is 5.10 Å². The first-order chi connectivity index (χ1) is 7.81. The van der Waals surface area contributed by atoms with Crippen molar-refractivity contribution in [2.45, 2.75) is 10.9 Å². The minimum absolute atomic E-state index is 0.401. The number of ether oxygens (including phenoxy) is 1. The third-order valence-corrected chi connectivity index (χ3v) is 2.76. The van der Waals surface area contributed by atoms with E-state index >= 15 is 0 Å². The first-order valence-electron chi connectivity index (χ1n) is 4.44. The van der Waals surface area contributed by atoms with Gasteiger partial charge in [-0.15, -0.1) is 0 Å². The Morgan fingerprint density at radius 1 is 1.69 bits per heavy atom. The van der Waals surface area contributed by atoms with E-state index in [1.165, 1.54) is 31.5 Å². The van der Waals surface area contributed by atoms with Gasteiger partial charge in [-0.1, -0.05) is 11.8 Å². The number of methoxy groups -OCH3 is 1. The summed E-state index contributed by atoms with van der Waals surface area (Å²) in [6, 6.07) is 1.59. The topological polar surface area (TPSA) is 81.0 Å². The highest BCUT2D eigenvalue weighted by Crippen LogP contribution is 2.22. The lowest BCUT2D eigenvalue weighted by Crippen LogP contribution is -2.02. The molecular formula is C9H9N3O3S. The minimum Gasteiger partial charge on any atom is -0.468 e. The highest BCUT2D eigenvalue weighted by atomic mass is 32.2. The molecule has 0 bridgehead atoms. The minimum atomic E-state index is -0.401. The highest BCUT2D eigenvalue weighted by molar-refractivity contribution is 7.98. The number of nitrogens with zero attached hydrogens (tertiary/aromatic N) is 2. The summed E-state index contributed by atoms with van der Waals surface area (Å²) < 4.78 is 9.83. The summed E-state index contributed by atoms with van der Waals surface area (Å²) >= 11 is 1.40. The molecule has 2 aromatic rings. The molecule has 2 heterocycles. The molecule has 0 amide bonds. The molecule has 1 N–H and O–H groups in total. The zero-order chi connectivity index (χ0) is 11.4. The van der Waals surface area contributed by atoms with Gasteiger partial charge in [0.15, 0.2) is 5.16 Å². The van der Waals surface area contributed by atoms with Crippen LogP contribution in [-0.4, -0.2) is 28.3 Å². The van der Waals surface area contributed by atoms with Crippen molar-refractivity contribution in [2.75, 3.05) is 7.11 Å². The maximum absolute atomic E-state index is 11.3. The Bertz CT molecular complexity index is 466. The molecule has 0 saturated carbocycles. The van der Waals surface area contributed by atoms with E-state index in [-0.39, 0.29) is 0 Å². The molecular weight excluding hydrogens is 230 g/mol. The van der Waals surface area contributed by atoms with Crippen molar-refractivity contribution in [3.63, 3.8) is 0 Å². The predicted octanol–water partition coefficient (Wildman–Crippen LogP) is 1.48. The average Bonchev–Trinajstić information content (AvgIpc) is 2.96. The van der Waals surface area contributed by atoms with E-state index in [9.17, 15) is 4.79 Å². The normalized spacial score (nSPS) is 10.3. The van der Waals surface area contributed by atoms with Crippen molar-refractivity contribution in [3.8, 4) is 0 Å². The quantitative estimate of drug-likeness (QED) is 0.642. The third kappa shape index (κ3) is 2.25. The summed E-state index contributed by atoms with van der Waals surface area (Å²) in [5, 5.41) is 7.10. The number of H-pyrrole nitrogens is 1. The molecule has 2 aromatic heterocycles. The van der Waals surface area contributed by atoms with E-state index in [1.807, 2.05) is 0 Å². The van der Waals surface area contributed by atoms with Crippen LogP contribution in [0, 0.1) is 0 Å². The fraction of sp³-hybridized carbons (Fsp3) is 0.222. The van der Waals surface area contributed by atoms with Crippen molar-refractivity contribution in [1.29, 1.82) is 0 Å². The number of hydrogen-bond acceptors (Lipinski definition) is 6. The average molecular weight is 239 g/mol. The number of aromatic nitrogens is 3. The van der Waals surface area contributed by atoms with E-state index in [1.54, 1.807) is 6.07 Å². The molecule has 0 aromatic carbocycles. The van der Waals surface area contributed by atoms with Gasteiger partial charge in [-0.25, -0.2) is 9.78 Å². The van der Waals surface area contributed by atoms with Gasteiger partial charge in [0.05, 0.1) is 19.1 Å². The Morgan fingerprint density at radius 2 is 2.56 bits per heavy atom. The number of thioether (sulfide) groups is 1. The molecule has 0 aliphatic carbocycles. The number of nitrogens with one attached hydrogen (secondary N) is 1. The lowest BCUT2D eigenvalue weighted by Gasteiger charge is -1.99. The summed E-state index contributed by atoms with van der Waals surface area (Å²) in [4.78, 5) is 15.3. The van der Waals surface area contributed by atoms with Gasteiger partial charge in [-0.2, -0.15) is 5.10 Å². The van der Waals surface area contributed by atoms with Gasteiger partial charge in [-0.05, 0) is 6.07 Å². The fourth-order valence-electron chi connectivity index (χ4n) is 1.14. The van der Waals surface area contributed by atoms with Gasteiger partial charge >= 0.3 is 5.97 Å². The first kappa shape index (κ1) is 10.7. The number of rotatable bonds is 4. The molecule has 0 aliphatic heterocycles. The van der Waals surface area contributed by atoms with E-state index in [0.717, 1.165) is 0 Å². The van der Waals surface area contributed by atoms with Crippen molar-refractivity contribution < 1.29 is 13.9 Å². The molecule has 6 nitrogen and oxygen atoms in total. The number of furan rings is 1. The molecule has 0 radical (unpaired) electrons. The Morgan fingerprint density at radius 3 is 3.25 bits per heavy atom. The third-order valence-electron chi connectivity index (χ3n) is 1.88. The van der Waals surface area contributed by atoms with Crippen molar-refractivity contribution >= 4 is 17.7 Å². The molecule has 16 heavy (non-hydrogen) atoms. The standard InChI is InChI=1S/C9H9N3O3S/c1-14-8(13)6-2-3-15-7(6)4-16-9-10-5-11-12-9/h2-3,5H,4H2,1H3,(H,10,11,12). The molecule has 0 unspecified atom stereocenters. The Labute approximate surface area is 95.4 Å². The lowest BCUT2D eigenvalue weighted by atomic mass is 10.3. The van der Waals surface area contributed by atoms with E-state index in [4.69, 9.17) is 4.42 Å². The van der Waals surface area contributed by atoms with Crippen LogP contribution in [0.25, 0.3) is 0 Å². The largest absolute Gasteiger partial charge is 0.468 e. The van der Waals surface area contributed by atoms with E-state index in [2.05, 4.69) is 19.9 Å². The number of esters is 1. The maximum atomic E-state index is 11.3. The van der Waals surface area contributed by atoms with Crippen LogP contribution in [0.4, 0.5) is 0 Å². The SMILES string of the molecule is COC(=O)c1ccoc1CSc1ncn[nH]1. The second-order valence-electron chi connectivity index (χ2n) is 2.83. The first-order valence-corrected chi connectivity index (χ1v) is 5.42. The van der Waals surface area contributed by atoms with Crippen LogP contribution in [0.5, 0.6) is 0 Å². The van der Waals surface area contributed by atoms with Crippen molar-refractivity contribution in [2.24, 2.45) is 0 Å². The summed E-state index contributed by atoms with van der Waals surface area (Å²) in [6.07, 6.45) is 2.88. The van der Waals surface area contributed by atoms with Gasteiger partial charge in [0.1, 0.15) is 17.7 Å². The summed E-state index contributed by atoms with van der Waals surface area (Å²) in [6.45, 7) is 0. The maximum Gasteiger partial charge on any atom is 0.341 e. The Hall–Kier alpha value is -1.76. The molecule has 7 heteroatoms. The molecule has 0 aliphatic rings. The van der Waals surface area contributed by atoms with E-state index in [0.29, 0.717) is 22.2 Å². The van der Waals surface area contributed by atoms with Crippen LogP contribution in [0.1, 0.15) is 16.1 Å². The zero-order valence-corrected chi connectivity index (χ0v) is 9.28. The number of hydrogen-bond donors (Lipinski definition) is 1. The van der Waals surface area contributed by atoms with Gasteiger partial charge in [0.25, 0.3) is 0 Å². The second kappa shape index (κ2) is 4.84. The molecule has 84 valence electrons. The second-order valence-corrected chi connectivity index (χ2v) is 3.79. The van der Waals surface area contributed by atoms with Crippen LogP contribution in [0.15, 0.2) is 28.2 Å². The molecule has 0 spiro atoms. The van der Waals surface area contributed by atoms with Crippen LogP contribution < -0.4 is 0 Å². The van der Waals surface area contributed by atoms with Gasteiger partial charge in [0, 0.05) is 0 Å². The monoisotopic (exact) mass is 239 g/mol. The van der Waals surface area contributed by atoms with Crippen LogP contribution in [0.2, 0.25) is 0 Å². The molecule has 0 fully saturated rings. The molecule has 0 saturated heterocycles. The highest BCUT2D eigenvalue weighted by Gasteiger charge is 2.15. The lowest BCUT2D eigenvalue weighted by molar-refractivity contribution is 0.0598. The summed E-state index contributed by atoms with van der Waals surface area (Å²) in [5.41, 5.74) is 0.439. The van der Waals surface area contributed by atoms with E-state index < -0.39 is 5.97 Å². The van der Waals surface area contributed by atoms with Crippen LogP contribution in [0.3, 0.4) is 0 Å². The van der Waals surface area contributed by atoms with Crippen LogP contribution in [-0.2, 0) is 10.5 Å². The number of carbonyl (C=O) groups excluding carboxylic acids is 1. The van der Waals surface area contributed by atoms with Crippen molar-refractivity contribution in [3.05, 3.63) is 30.0 Å². The smallest absolute Gasteiger partial charge is 0.341 e. The Balaban J connectivity index is 2.04. The predicted molar refractivity (Wildman–Crippen MR) is 56.0 cm³/mol. The zero-order valence-electron chi connectivity index (χ0n) is 8.47. The summed E-state index contributed by atoms with van der Waals surface area (Å²) in [7, 11) is 1.34. The molecule has 0 atom stereocenters. The van der Waals surface area contributed by atoms with Gasteiger partial charge in [0.2, 0.25) is 0 Å².